The van der Waals surface area contributed by atoms with E-state index in [0.717, 1.165) is 25.8 Å². The van der Waals surface area contributed by atoms with Crippen LogP contribution in [0.1, 0.15) is 23.0 Å². The minimum atomic E-state index is -0.0922. The van der Waals surface area contributed by atoms with Crippen LogP contribution in [0.15, 0.2) is 52.6 Å². The van der Waals surface area contributed by atoms with Gasteiger partial charge < -0.3 is 9.88 Å². The second kappa shape index (κ2) is 6.68. The van der Waals surface area contributed by atoms with Crippen molar-refractivity contribution >= 4 is 43.4 Å². The zero-order valence-corrected chi connectivity index (χ0v) is 15.1. The third-order valence-electron chi connectivity index (χ3n) is 3.41. The lowest BCUT2D eigenvalue weighted by atomic mass is 10.3. The number of hydrogen-bond acceptors (Lipinski definition) is 3. The molecule has 118 valence electrons. The van der Waals surface area contributed by atoms with E-state index in [1.165, 1.54) is 0 Å². The van der Waals surface area contributed by atoms with Gasteiger partial charge in [-0.05, 0) is 40.5 Å². The van der Waals surface area contributed by atoms with Gasteiger partial charge in [0, 0.05) is 30.9 Å². The van der Waals surface area contributed by atoms with Gasteiger partial charge >= 0.3 is 0 Å². The van der Waals surface area contributed by atoms with Gasteiger partial charge in [-0.1, -0.05) is 18.2 Å². The van der Waals surface area contributed by atoms with Crippen LogP contribution in [0.4, 0.5) is 0 Å². The molecule has 3 rings (SSSR count). The Morgan fingerprint density at radius 1 is 1.52 bits per heavy atom. The molecule has 0 radical (unpaired) electrons. The summed E-state index contributed by atoms with van der Waals surface area (Å²) in [7, 11) is 0. The van der Waals surface area contributed by atoms with Crippen molar-refractivity contribution in [3.8, 4) is 0 Å². The van der Waals surface area contributed by atoms with Crippen LogP contribution in [-0.2, 0) is 13.1 Å². The van der Waals surface area contributed by atoms with E-state index in [1.54, 1.807) is 23.7 Å². The molecule has 0 aromatic carbocycles. The van der Waals surface area contributed by atoms with Crippen molar-refractivity contribution in [1.29, 1.82) is 0 Å². The number of allylic oxidation sites excluding steroid dienone is 1. The van der Waals surface area contributed by atoms with Crippen LogP contribution in [0.2, 0.25) is 0 Å². The third-order valence-corrected chi connectivity index (χ3v) is 5.24. The highest BCUT2D eigenvalue weighted by Crippen LogP contribution is 2.33. The molecule has 0 atom stereocenters. The molecule has 3 heterocycles. The van der Waals surface area contributed by atoms with Gasteiger partial charge in [-0.3, -0.25) is 9.78 Å². The highest BCUT2D eigenvalue weighted by atomic mass is 79.9. The summed E-state index contributed by atoms with van der Waals surface area (Å²) in [6.07, 6.45) is 3.47. The molecule has 0 bridgehead atoms. The highest BCUT2D eigenvalue weighted by molar-refractivity contribution is 9.10. The second-order valence-corrected chi connectivity index (χ2v) is 7.18. The van der Waals surface area contributed by atoms with Gasteiger partial charge in [-0.2, -0.15) is 0 Å². The maximum absolute atomic E-state index is 12.6. The second-order valence-electron chi connectivity index (χ2n) is 5.41. The molecule has 1 amide bonds. The average molecular weight is 390 g/mol. The molecule has 0 aliphatic rings. The van der Waals surface area contributed by atoms with Crippen LogP contribution < -0.4 is 5.32 Å². The van der Waals surface area contributed by atoms with Crippen molar-refractivity contribution in [3.63, 3.8) is 0 Å². The standard InChI is InChI=1S/C17H16BrN3OS/c1-11(2)9-21-14(6-15-16(21)13(18)10-23-15)17(22)20-8-12-4-3-5-19-7-12/h3-7,10H,1,8-9H2,2H3,(H,20,22). The van der Waals surface area contributed by atoms with Gasteiger partial charge in [0.2, 0.25) is 0 Å². The van der Waals surface area contributed by atoms with E-state index < -0.39 is 0 Å². The van der Waals surface area contributed by atoms with Crippen LogP contribution >= 0.6 is 27.3 Å². The number of thiophene rings is 1. The van der Waals surface area contributed by atoms with Crippen LogP contribution in [0.25, 0.3) is 10.2 Å². The minimum absolute atomic E-state index is 0.0922. The van der Waals surface area contributed by atoms with E-state index in [1.807, 2.05) is 35.1 Å². The first-order chi connectivity index (χ1) is 11.1. The molecule has 0 saturated heterocycles. The molecular formula is C17H16BrN3OS. The Kier molecular flexibility index (Phi) is 4.63. The number of carbonyl (C=O) groups excluding carboxylic acids is 1. The number of nitrogens with one attached hydrogen (secondary N) is 1. The van der Waals surface area contributed by atoms with Gasteiger partial charge in [0.15, 0.2) is 0 Å². The maximum Gasteiger partial charge on any atom is 0.268 e. The van der Waals surface area contributed by atoms with Gasteiger partial charge in [0.25, 0.3) is 5.91 Å². The van der Waals surface area contributed by atoms with Crippen LogP contribution in [0.5, 0.6) is 0 Å². The number of carbonyl (C=O) groups is 1. The summed E-state index contributed by atoms with van der Waals surface area (Å²) in [5.74, 6) is -0.0922. The lowest BCUT2D eigenvalue weighted by molar-refractivity contribution is 0.0942. The number of amides is 1. The van der Waals surface area contributed by atoms with Crippen molar-refractivity contribution < 1.29 is 4.79 Å². The van der Waals surface area contributed by atoms with E-state index in [0.29, 0.717) is 18.8 Å². The van der Waals surface area contributed by atoms with Crippen LogP contribution in [0, 0.1) is 0 Å². The Morgan fingerprint density at radius 3 is 3.04 bits per heavy atom. The SMILES string of the molecule is C=C(C)Cn1c(C(=O)NCc2cccnc2)cc2scc(Br)c21. The minimum Gasteiger partial charge on any atom is -0.347 e. The molecule has 6 heteroatoms. The molecule has 0 aliphatic heterocycles. The Morgan fingerprint density at radius 2 is 2.35 bits per heavy atom. The van der Waals surface area contributed by atoms with Crippen molar-refractivity contribution in [2.75, 3.05) is 0 Å². The van der Waals surface area contributed by atoms with Crippen LogP contribution in [0.3, 0.4) is 0 Å². The zero-order chi connectivity index (χ0) is 16.4. The van der Waals surface area contributed by atoms with Crippen molar-refractivity contribution in [2.45, 2.75) is 20.0 Å². The first kappa shape index (κ1) is 16.0. The van der Waals surface area contributed by atoms with Crippen molar-refractivity contribution in [1.82, 2.24) is 14.9 Å². The third kappa shape index (κ3) is 3.38. The van der Waals surface area contributed by atoms with Gasteiger partial charge in [0.05, 0.1) is 14.7 Å². The molecular weight excluding hydrogens is 374 g/mol. The summed E-state index contributed by atoms with van der Waals surface area (Å²) in [4.78, 5) is 16.7. The number of fused-ring (bicyclic) bond motifs is 1. The quantitative estimate of drug-likeness (QED) is 0.658. The predicted molar refractivity (Wildman–Crippen MR) is 97.7 cm³/mol. The fourth-order valence-electron chi connectivity index (χ4n) is 2.43. The summed E-state index contributed by atoms with van der Waals surface area (Å²) in [5, 5.41) is 5.00. The van der Waals surface area contributed by atoms with E-state index in [-0.39, 0.29) is 5.91 Å². The summed E-state index contributed by atoms with van der Waals surface area (Å²) >= 11 is 5.19. The Hall–Kier alpha value is -1.92. The topological polar surface area (TPSA) is 46.9 Å². The van der Waals surface area contributed by atoms with Crippen LogP contribution in [-0.4, -0.2) is 15.5 Å². The molecule has 0 saturated carbocycles. The van der Waals surface area contributed by atoms with E-state index in [9.17, 15) is 4.79 Å². The monoisotopic (exact) mass is 389 g/mol. The fraction of sp³-hybridized carbons (Fsp3) is 0.176. The van der Waals surface area contributed by atoms with Gasteiger partial charge in [-0.25, -0.2) is 0 Å². The fourth-order valence-corrected chi connectivity index (χ4v) is 4.12. The Balaban J connectivity index is 1.89. The zero-order valence-electron chi connectivity index (χ0n) is 12.7. The first-order valence-corrected chi connectivity index (χ1v) is 8.81. The molecule has 1 N–H and O–H groups in total. The first-order valence-electron chi connectivity index (χ1n) is 7.14. The van der Waals surface area contributed by atoms with Gasteiger partial charge in [-0.15, -0.1) is 11.3 Å². The number of halogens is 1. The van der Waals surface area contributed by atoms with Crippen molar-refractivity contribution in [3.05, 3.63) is 63.9 Å². The number of pyridine rings is 1. The van der Waals surface area contributed by atoms with E-state index >= 15 is 0 Å². The molecule has 0 aliphatic carbocycles. The lowest BCUT2D eigenvalue weighted by Gasteiger charge is -2.11. The Labute approximate surface area is 147 Å². The number of hydrogen-bond donors (Lipinski definition) is 1. The van der Waals surface area contributed by atoms with Gasteiger partial charge in [0.1, 0.15) is 5.69 Å². The molecule has 0 spiro atoms. The predicted octanol–water partition coefficient (Wildman–Crippen LogP) is 4.37. The average Bonchev–Trinajstić information content (AvgIpc) is 3.07. The normalized spacial score (nSPS) is 10.9. The molecule has 4 nitrogen and oxygen atoms in total. The molecule has 3 aromatic rings. The van der Waals surface area contributed by atoms with E-state index in [4.69, 9.17) is 0 Å². The number of rotatable bonds is 5. The molecule has 3 aromatic heterocycles. The van der Waals surface area contributed by atoms with E-state index in [2.05, 4.69) is 32.8 Å². The lowest BCUT2D eigenvalue weighted by Crippen LogP contribution is -2.25. The summed E-state index contributed by atoms with van der Waals surface area (Å²) in [5.41, 5.74) is 3.67. The summed E-state index contributed by atoms with van der Waals surface area (Å²) < 4.78 is 4.10. The van der Waals surface area contributed by atoms with Crippen molar-refractivity contribution in [2.24, 2.45) is 0 Å². The number of aromatic nitrogens is 2. The molecule has 23 heavy (non-hydrogen) atoms. The Bertz CT molecular complexity index is 867. The molecule has 0 fully saturated rings. The summed E-state index contributed by atoms with van der Waals surface area (Å²) in [6, 6.07) is 5.74. The maximum atomic E-state index is 12.6. The number of nitrogens with zero attached hydrogens (tertiary/aromatic N) is 2. The smallest absolute Gasteiger partial charge is 0.268 e. The summed E-state index contributed by atoms with van der Waals surface area (Å²) in [6.45, 7) is 7.01. The largest absolute Gasteiger partial charge is 0.347 e. The molecule has 0 unspecified atom stereocenters. The highest BCUT2D eigenvalue weighted by Gasteiger charge is 2.18.